The standard InChI is InChI=1S/C20H28N4O2S/c1-20(2,3)13-15-6-5-11-24(15)19(25)21-18-23-22-17(27-18)12-14-7-9-16(26-4)10-8-14/h7-10,15H,5-6,11-13H2,1-4H3,(H,21,23,25). The first-order chi connectivity index (χ1) is 12.8. The molecule has 1 unspecified atom stereocenters. The van der Waals surface area contributed by atoms with Crippen molar-refractivity contribution in [2.75, 3.05) is 19.0 Å². The molecule has 1 aliphatic heterocycles. The number of ether oxygens (including phenoxy) is 1. The number of benzene rings is 1. The van der Waals surface area contributed by atoms with Gasteiger partial charge in [0.05, 0.1) is 7.11 Å². The summed E-state index contributed by atoms with van der Waals surface area (Å²) in [7, 11) is 1.65. The Morgan fingerprint density at radius 2 is 2.04 bits per heavy atom. The molecule has 6 nitrogen and oxygen atoms in total. The van der Waals surface area contributed by atoms with Gasteiger partial charge in [0.1, 0.15) is 10.8 Å². The number of nitrogens with one attached hydrogen (secondary N) is 1. The minimum atomic E-state index is -0.0612. The van der Waals surface area contributed by atoms with Gasteiger partial charge in [-0.05, 0) is 42.4 Å². The molecule has 0 spiro atoms. The van der Waals surface area contributed by atoms with Crippen molar-refractivity contribution in [1.82, 2.24) is 15.1 Å². The Morgan fingerprint density at radius 3 is 2.70 bits per heavy atom. The number of amides is 2. The van der Waals surface area contributed by atoms with Gasteiger partial charge >= 0.3 is 6.03 Å². The molecule has 0 radical (unpaired) electrons. The number of aromatic nitrogens is 2. The van der Waals surface area contributed by atoms with Gasteiger partial charge < -0.3 is 9.64 Å². The van der Waals surface area contributed by atoms with E-state index in [1.165, 1.54) is 11.3 Å². The molecule has 1 aliphatic rings. The normalized spacial score (nSPS) is 17.2. The summed E-state index contributed by atoms with van der Waals surface area (Å²) in [6.45, 7) is 7.47. The van der Waals surface area contributed by atoms with Gasteiger partial charge in [-0.25, -0.2) is 4.79 Å². The first-order valence-corrected chi connectivity index (χ1v) is 10.2. The van der Waals surface area contributed by atoms with Gasteiger partial charge in [-0.1, -0.05) is 44.2 Å². The maximum Gasteiger partial charge on any atom is 0.323 e. The highest BCUT2D eigenvalue weighted by molar-refractivity contribution is 7.15. The van der Waals surface area contributed by atoms with E-state index in [0.29, 0.717) is 17.6 Å². The largest absolute Gasteiger partial charge is 0.497 e. The van der Waals surface area contributed by atoms with Crippen molar-refractivity contribution in [2.24, 2.45) is 5.41 Å². The second kappa shape index (κ2) is 8.25. The maximum absolute atomic E-state index is 12.7. The van der Waals surface area contributed by atoms with E-state index in [9.17, 15) is 4.79 Å². The van der Waals surface area contributed by atoms with Crippen LogP contribution in [0.15, 0.2) is 24.3 Å². The highest BCUT2D eigenvalue weighted by Crippen LogP contribution is 2.30. The van der Waals surface area contributed by atoms with Crippen LogP contribution in [0.2, 0.25) is 0 Å². The lowest BCUT2D eigenvalue weighted by Crippen LogP contribution is -2.40. The average Bonchev–Trinajstić information content (AvgIpc) is 3.23. The summed E-state index contributed by atoms with van der Waals surface area (Å²) >= 11 is 1.43. The lowest BCUT2D eigenvalue weighted by molar-refractivity contribution is 0.186. The Morgan fingerprint density at radius 1 is 1.30 bits per heavy atom. The number of hydrogen-bond donors (Lipinski definition) is 1. The first kappa shape index (κ1) is 19.6. The molecule has 3 rings (SSSR count). The lowest BCUT2D eigenvalue weighted by atomic mass is 9.87. The number of anilines is 1. The number of likely N-dealkylation sites (tertiary alicyclic amines) is 1. The molecule has 1 fully saturated rings. The Bertz CT molecular complexity index is 767. The van der Waals surface area contributed by atoms with Crippen molar-refractivity contribution < 1.29 is 9.53 Å². The van der Waals surface area contributed by atoms with Gasteiger partial charge in [-0.15, -0.1) is 10.2 Å². The highest BCUT2D eigenvalue weighted by Gasteiger charge is 2.32. The van der Waals surface area contributed by atoms with Crippen molar-refractivity contribution in [3.05, 3.63) is 34.8 Å². The molecule has 0 saturated carbocycles. The van der Waals surface area contributed by atoms with Crippen LogP contribution in [0, 0.1) is 5.41 Å². The Labute approximate surface area is 164 Å². The fraction of sp³-hybridized carbons (Fsp3) is 0.550. The predicted octanol–water partition coefficient (Wildman–Crippen LogP) is 4.57. The zero-order valence-electron chi connectivity index (χ0n) is 16.5. The van der Waals surface area contributed by atoms with E-state index in [1.807, 2.05) is 29.2 Å². The Kier molecular flexibility index (Phi) is 5.99. The van der Waals surface area contributed by atoms with Crippen molar-refractivity contribution in [1.29, 1.82) is 0 Å². The molecule has 2 amide bonds. The van der Waals surface area contributed by atoms with Crippen LogP contribution in [0.25, 0.3) is 0 Å². The van der Waals surface area contributed by atoms with Crippen molar-refractivity contribution >= 4 is 22.5 Å². The van der Waals surface area contributed by atoms with E-state index in [0.717, 1.165) is 42.1 Å². The second-order valence-corrected chi connectivity index (χ2v) is 9.27. The van der Waals surface area contributed by atoms with Gasteiger partial charge in [0.15, 0.2) is 0 Å². The van der Waals surface area contributed by atoms with E-state index < -0.39 is 0 Å². The number of carbonyl (C=O) groups excluding carboxylic acids is 1. The van der Waals surface area contributed by atoms with Crippen LogP contribution in [-0.2, 0) is 6.42 Å². The molecule has 0 bridgehead atoms. The molecular weight excluding hydrogens is 360 g/mol. The molecule has 7 heteroatoms. The van der Waals surface area contributed by atoms with Gasteiger partial charge in [-0.2, -0.15) is 0 Å². The lowest BCUT2D eigenvalue weighted by Gasteiger charge is -2.30. The summed E-state index contributed by atoms with van der Waals surface area (Å²) in [4.78, 5) is 14.6. The molecule has 146 valence electrons. The fourth-order valence-electron chi connectivity index (χ4n) is 3.48. The zero-order valence-corrected chi connectivity index (χ0v) is 17.3. The average molecular weight is 389 g/mol. The Hall–Kier alpha value is -2.15. The molecule has 1 aromatic heterocycles. The molecule has 1 N–H and O–H groups in total. The SMILES string of the molecule is COc1ccc(Cc2nnc(NC(=O)N3CCCC3CC(C)(C)C)s2)cc1. The maximum atomic E-state index is 12.7. The molecule has 27 heavy (non-hydrogen) atoms. The van der Waals surface area contributed by atoms with E-state index in [1.54, 1.807) is 7.11 Å². The molecule has 1 aromatic carbocycles. The summed E-state index contributed by atoms with van der Waals surface area (Å²) in [6, 6.07) is 8.13. The second-order valence-electron chi connectivity index (χ2n) is 8.21. The van der Waals surface area contributed by atoms with Crippen molar-refractivity contribution in [3.63, 3.8) is 0 Å². The zero-order chi connectivity index (χ0) is 19.4. The van der Waals surface area contributed by atoms with Crippen LogP contribution in [0.1, 0.15) is 50.6 Å². The van der Waals surface area contributed by atoms with Crippen molar-refractivity contribution in [3.8, 4) is 5.75 Å². The molecule has 0 aliphatic carbocycles. The number of methoxy groups -OCH3 is 1. The minimum absolute atomic E-state index is 0.0612. The van der Waals surface area contributed by atoms with E-state index >= 15 is 0 Å². The van der Waals surface area contributed by atoms with Crippen LogP contribution in [0.4, 0.5) is 9.93 Å². The van der Waals surface area contributed by atoms with Crippen molar-refractivity contribution in [2.45, 2.75) is 52.5 Å². The van der Waals surface area contributed by atoms with Gasteiger partial charge in [0.25, 0.3) is 0 Å². The summed E-state index contributed by atoms with van der Waals surface area (Å²) in [5.41, 5.74) is 1.34. The van der Waals surface area contributed by atoms with Gasteiger partial charge in [0, 0.05) is 19.0 Å². The quantitative estimate of drug-likeness (QED) is 0.815. The summed E-state index contributed by atoms with van der Waals surface area (Å²) in [6.07, 6.45) is 3.84. The summed E-state index contributed by atoms with van der Waals surface area (Å²) in [5.74, 6) is 0.833. The number of carbonyl (C=O) groups is 1. The topological polar surface area (TPSA) is 67.4 Å². The fourth-order valence-corrected chi connectivity index (χ4v) is 4.24. The van der Waals surface area contributed by atoms with E-state index in [2.05, 4.69) is 36.3 Å². The number of nitrogens with zero attached hydrogens (tertiary/aromatic N) is 3. The van der Waals surface area contributed by atoms with Gasteiger partial charge in [-0.3, -0.25) is 5.32 Å². The molecule has 2 heterocycles. The summed E-state index contributed by atoms with van der Waals surface area (Å²) < 4.78 is 5.18. The highest BCUT2D eigenvalue weighted by atomic mass is 32.1. The van der Waals surface area contributed by atoms with Crippen LogP contribution < -0.4 is 10.1 Å². The van der Waals surface area contributed by atoms with Crippen LogP contribution in [0.5, 0.6) is 5.75 Å². The third kappa shape index (κ3) is 5.42. The monoisotopic (exact) mass is 388 g/mol. The van der Waals surface area contributed by atoms with E-state index in [-0.39, 0.29) is 11.4 Å². The molecular formula is C20H28N4O2S. The molecule has 1 atom stereocenters. The Balaban J connectivity index is 1.58. The first-order valence-electron chi connectivity index (χ1n) is 9.37. The third-order valence-corrected chi connectivity index (χ3v) is 5.52. The van der Waals surface area contributed by atoms with Gasteiger partial charge in [0.2, 0.25) is 5.13 Å². The molecule has 1 saturated heterocycles. The van der Waals surface area contributed by atoms with E-state index in [4.69, 9.17) is 4.74 Å². The van der Waals surface area contributed by atoms with Crippen LogP contribution >= 0.6 is 11.3 Å². The smallest absolute Gasteiger partial charge is 0.323 e. The summed E-state index contributed by atoms with van der Waals surface area (Å²) in [5, 5.41) is 12.7. The number of rotatable bonds is 5. The van der Waals surface area contributed by atoms with Crippen LogP contribution in [-0.4, -0.2) is 40.8 Å². The number of urea groups is 1. The minimum Gasteiger partial charge on any atom is -0.497 e. The number of hydrogen-bond acceptors (Lipinski definition) is 5. The molecule has 2 aromatic rings. The van der Waals surface area contributed by atoms with Crippen LogP contribution in [0.3, 0.4) is 0 Å². The predicted molar refractivity (Wildman–Crippen MR) is 109 cm³/mol. The third-order valence-electron chi connectivity index (χ3n) is 4.68.